The van der Waals surface area contributed by atoms with Crippen molar-refractivity contribution in [3.05, 3.63) is 64.1 Å². The van der Waals surface area contributed by atoms with E-state index in [1.54, 1.807) is 20.2 Å². The Kier molecular flexibility index (Phi) is 6.26. The molecule has 0 unspecified atom stereocenters. The van der Waals surface area contributed by atoms with Crippen LogP contribution >= 0.6 is 0 Å². The number of nitrogens with one attached hydrogen (secondary N) is 1. The second-order valence-corrected chi connectivity index (χ2v) is 7.28. The van der Waals surface area contributed by atoms with Crippen LogP contribution in [-0.4, -0.2) is 53.4 Å². The quantitative estimate of drug-likeness (QED) is 0.827. The third-order valence-electron chi connectivity index (χ3n) is 4.89. The van der Waals surface area contributed by atoms with Gasteiger partial charge in [0.25, 0.3) is 11.5 Å². The van der Waals surface area contributed by atoms with Crippen LogP contribution in [0, 0.1) is 0 Å². The molecule has 0 atom stereocenters. The van der Waals surface area contributed by atoms with Gasteiger partial charge < -0.3 is 14.8 Å². The first-order valence-electron chi connectivity index (χ1n) is 9.46. The van der Waals surface area contributed by atoms with E-state index in [4.69, 9.17) is 0 Å². The molecular formula is C21H26N4O3. The van der Waals surface area contributed by atoms with Crippen molar-refractivity contribution in [3.63, 3.8) is 0 Å². The monoisotopic (exact) mass is 382 g/mol. The number of carbonyl (C=O) groups is 2. The summed E-state index contributed by atoms with van der Waals surface area (Å²) in [6, 6.07) is 10.7. The molecule has 1 aromatic carbocycles. The zero-order valence-electron chi connectivity index (χ0n) is 16.4. The van der Waals surface area contributed by atoms with E-state index in [1.807, 2.05) is 24.3 Å². The molecule has 0 bridgehead atoms. The van der Waals surface area contributed by atoms with Crippen LogP contribution in [0.1, 0.15) is 28.8 Å². The number of hydrogen-bond donors (Lipinski definition) is 1. The van der Waals surface area contributed by atoms with Crippen molar-refractivity contribution in [2.45, 2.75) is 25.9 Å². The molecular weight excluding hydrogens is 356 g/mol. The third kappa shape index (κ3) is 4.86. The summed E-state index contributed by atoms with van der Waals surface area (Å²) in [7, 11) is 3.24. The molecule has 0 aliphatic carbocycles. The second kappa shape index (κ2) is 8.84. The van der Waals surface area contributed by atoms with E-state index in [1.165, 1.54) is 40.1 Å². The predicted octanol–water partition coefficient (Wildman–Crippen LogP) is 1.78. The van der Waals surface area contributed by atoms with Gasteiger partial charge in [0.2, 0.25) is 5.91 Å². The van der Waals surface area contributed by atoms with Crippen molar-refractivity contribution >= 4 is 17.5 Å². The van der Waals surface area contributed by atoms with Crippen LogP contribution in [-0.2, 0) is 17.9 Å². The highest BCUT2D eigenvalue weighted by Crippen LogP contribution is 2.15. The highest BCUT2D eigenvalue weighted by Gasteiger charge is 2.15. The van der Waals surface area contributed by atoms with Gasteiger partial charge in [0.15, 0.2) is 0 Å². The number of aromatic nitrogens is 1. The van der Waals surface area contributed by atoms with Crippen molar-refractivity contribution in [3.8, 4) is 0 Å². The minimum Gasteiger partial charge on any atom is -0.347 e. The highest BCUT2D eigenvalue weighted by atomic mass is 16.2. The summed E-state index contributed by atoms with van der Waals surface area (Å²) in [6.07, 6.45) is 4.01. The zero-order valence-corrected chi connectivity index (χ0v) is 16.4. The largest absolute Gasteiger partial charge is 0.347 e. The highest BCUT2D eigenvalue weighted by molar-refractivity contribution is 6.04. The van der Waals surface area contributed by atoms with Crippen molar-refractivity contribution in [1.29, 1.82) is 0 Å². The molecule has 7 heteroatoms. The first kappa shape index (κ1) is 19.8. The molecule has 148 valence electrons. The Morgan fingerprint density at radius 3 is 2.39 bits per heavy atom. The molecule has 28 heavy (non-hydrogen) atoms. The molecule has 0 spiro atoms. The molecule has 2 aromatic rings. The maximum absolute atomic E-state index is 12.5. The van der Waals surface area contributed by atoms with Gasteiger partial charge in [-0.05, 0) is 55.8 Å². The van der Waals surface area contributed by atoms with E-state index in [0.29, 0.717) is 5.69 Å². The van der Waals surface area contributed by atoms with Crippen molar-refractivity contribution in [2.24, 2.45) is 0 Å². The lowest BCUT2D eigenvalue weighted by Gasteiger charge is -2.15. The summed E-state index contributed by atoms with van der Waals surface area (Å²) in [5.74, 6) is -0.697. The van der Waals surface area contributed by atoms with Crippen LogP contribution in [0.2, 0.25) is 0 Å². The molecule has 2 heterocycles. The van der Waals surface area contributed by atoms with E-state index in [0.717, 1.165) is 19.6 Å². The second-order valence-electron chi connectivity index (χ2n) is 7.28. The smallest absolute Gasteiger partial charge is 0.263 e. The van der Waals surface area contributed by atoms with Gasteiger partial charge >= 0.3 is 0 Å². The Morgan fingerprint density at radius 2 is 1.75 bits per heavy atom. The fraction of sp³-hybridized carbons (Fsp3) is 0.381. The predicted molar refractivity (Wildman–Crippen MR) is 108 cm³/mol. The minimum absolute atomic E-state index is 0.00944. The average Bonchev–Trinajstić information content (AvgIpc) is 3.18. The molecule has 1 N–H and O–H groups in total. The average molecular weight is 382 g/mol. The maximum atomic E-state index is 12.5. The van der Waals surface area contributed by atoms with E-state index in [-0.39, 0.29) is 18.0 Å². The van der Waals surface area contributed by atoms with Gasteiger partial charge in [0, 0.05) is 32.5 Å². The zero-order chi connectivity index (χ0) is 20.1. The minimum atomic E-state index is -0.485. The topological polar surface area (TPSA) is 74.7 Å². The van der Waals surface area contributed by atoms with Gasteiger partial charge in [0.05, 0.1) is 0 Å². The third-order valence-corrected chi connectivity index (χ3v) is 4.89. The van der Waals surface area contributed by atoms with Crippen molar-refractivity contribution in [2.75, 3.05) is 32.5 Å². The Morgan fingerprint density at radius 1 is 1.07 bits per heavy atom. The van der Waals surface area contributed by atoms with Crippen molar-refractivity contribution in [1.82, 2.24) is 14.4 Å². The summed E-state index contributed by atoms with van der Waals surface area (Å²) < 4.78 is 1.25. The van der Waals surface area contributed by atoms with Crippen LogP contribution in [0.4, 0.5) is 5.69 Å². The van der Waals surface area contributed by atoms with Gasteiger partial charge in [0.1, 0.15) is 12.1 Å². The van der Waals surface area contributed by atoms with Gasteiger partial charge in [-0.1, -0.05) is 12.1 Å². The fourth-order valence-electron chi connectivity index (χ4n) is 3.21. The number of nitrogens with zero attached hydrogens (tertiary/aromatic N) is 3. The van der Waals surface area contributed by atoms with E-state index in [2.05, 4.69) is 10.2 Å². The molecule has 1 aliphatic heterocycles. The first-order valence-corrected chi connectivity index (χ1v) is 9.46. The maximum Gasteiger partial charge on any atom is 0.263 e. The van der Waals surface area contributed by atoms with Gasteiger partial charge in [-0.25, -0.2) is 0 Å². The van der Waals surface area contributed by atoms with E-state index >= 15 is 0 Å². The van der Waals surface area contributed by atoms with Gasteiger partial charge in [-0.15, -0.1) is 0 Å². The molecule has 7 nitrogen and oxygen atoms in total. The number of likely N-dealkylation sites (tertiary alicyclic amines) is 1. The normalized spacial score (nSPS) is 14.1. The molecule has 3 rings (SSSR count). The van der Waals surface area contributed by atoms with E-state index in [9.17, 15) is 14.4 Å². The number of pyridine rings is 1. The summed E-state index contributed by atoms with van der Waals surface area (Å²) in [6.45, 7) is 3.08. The fourth-order valence-corrected chi connectivity index (χ4v) is 3.21. The van der Waals surface area contributed by atoms with E-state index < -0.39 is 11.5 Å². The molecule has 1 fully saturated rings. The molecule has 0 saturated carbocycles. The number of benzene rings is 1. The summed E-state index contributed by atoms with van der Waals surface area (Å²) in [5.41, 5.74) is 1.36. The number of rotatable bonds is 6. The Labute approximate surface area is 164 Å². The summed E-state index contributed by atoms with van der Waals surface area (Å²) >= 11 is 0. The molecule has 0 radical (unpaired) electrons. The Bertz CT molecular complexity index is 897. The lowest BCUT2D eigenvalue weighted by Crippen LogP contribution is -2.34. The molecule has 1 saturated heterocycles. The van der Waals surface area contributed by atoms with Crippen molar-refractivity contribution < 1.29 is 9.59 Å². The number of carbonyl (C=O) groups excluding carboxylic acids is 2. The first-order chi connectivity index (χ1) is 13.4. The SMILES string of the molecule is CN(C)C(=O)Cn1cccc(C(=O)Nc2ccc(CN3CCCC3)cc2)c1=O. The number of anilines is 1. The van der Waals surface area contributed by atoms with Crippen LogP contribution in [0.25, 0.3) is 0 Å². The van der Waals surface area contributed by atoms with Gasteiger partial charge in [-0.3, -0.25) is 19.3 Å². The van der Waals surface area contributed by atoms with Crippen LogP contribution < -0.4 is 10.9 Å². The molecule has 1 aliphatic rings. The lowest BCUT2D eigenvalue weighted by molar-refractivity contribution is -0.129. The molecule has 1 aromatic heterocycles. The number of amides is 2. The summed E-state index contributed by atoms with van der Waals surface area (Å²) in [5, 5.41) is 2.76. The van der Waals surface area contributed by atoms with Crippen LogP contribution in [0.3, 0.4) is 0 Å². The lowest BCUT2D eigenvalue weighted by atomic mass is 10.2. The standard InChI is InChI=1S/C21H26N4O3/c1-23(2)19(26)15-25-13-5-6-18(21(25)28)20(27)22-17-9-7-16(8-10-17)14-24-11-3-4-12-24/h5-10,13H,3-4,11-12,14-15H2,1-2H3,(H,22,27). The number of likely N-dealkylation sites (N-methyl/N-ethyl adjacent to an activating group) is 1. The van der Waals surface area contributed by atoms with Crippen LogP contribution in [0.5, 0.6) is 0 Å². The van der Waals surface area contributed by atoms with Gasteiger partial charge in [-0.2, -0.15) is 0 Å². The summed E-state index contributed by atoms with van der Waals surface area (Å²) in [4.78, 5) is 40.7. The van der Waals surface area contributed by atoms with Crippen LogP contribution in [0.15, 0.2) is 47.4 Å². The number of hydrogen-bond acceptors (Lipinski definition) is 4. The Hall–Kier alpha value is -2.93. The Balaban J connectivity index is 1.67. The molecule has 2 amide bonds.